The van der Waals surface area contributed by atoms with Crippen molar-refractivity contribution in [3.8, 4) is 0 Å². The molecule has 2 aliphatic rings. The van der Waals surface area contributed by atoms with Crippen molar-refractivity contribution in [3.63, 3.8) is 0 Å². The standard InChI is InChI=1S/C15H29NO3S/c1-20(18,19)13-7-8-14(17)15(9-3-4-10-15)16-11-5-2-6-12-16/h14,17H,2-13H2,1H3. The minimum absolute atomic E-state index is 0.0576. The van der Waals surface area contributed by atoms with Crippen LogP contribution in [-0.2, 0) is 9.84 Å². The highest BCUT2D eigenvalue weighted by molar-refractivity contribution is 7.90. The lowest BCUT2D eigenvalue weighted by Gasteiger charge is -2.46. The van der Waals surface area contributed by atoms with E-state index in [1.165, 1.54) is 38.4 Å². The Balaban J connectivity index is 1.96. The summed E-state index contributed by atoms with van der Waals surface area (Å²) in [6.45, 7) is 2.20. The van der Waals surface area contributed by atoms with Gasteiger partial charge in [0, 0.05) is 17.5 Å². The summed E-state index contributed by atoms with van der Waals surface area (Å²) in [5.41, 5.74) is -0.0576. The molecular weight excluding hydrogens is 274 g/mol. The minimum atomic E-state index is -2.91. The SMILES string of the molecule is CS(=O)(=O)CCCC(O)C1(N2CCCCC2)CCCC1. The third kappa shape index (κ3) is 3.95. The summed E-state index contributed by atoms with van der Waals surface area (Å²) < 4.78 is 22.4. The summed E-state index contributed by atoms with van der Waals surface area (Å²) in [5.74, 6) is 0.195. The molecule has 5 heteroatoms. The topological polar surface area (TPSA) is 57.6 Å². The van der Waals surface area contributed by atoms with Crippen molar-refractivity contribution in [1.29, 1.82) is 0 Å². The molecule has 2 fully saturated rings. The van der Waals surface area contributed by atoms with Crippen molar-refractivity contribution in [2.24, 2.45) is 0 Å². The fourth-order valence-electron chi connectivity index (χ4n) is 3.99. The monoisotopic (exact) mass is 303 g/mol. The zero-order valence-corrected chi connectivity index (χ0v) is 13.5. The summed E-state index contributed by atoms with van der Waals surface area (Å²) in [7, 11) is -2.91. The molecule has 1 saturated carbocycles. The Morgan fingerprint density at radius 3 is 2.25 bits per heavy atom. The Labute approximate surface area is 123 Å². The first-order valence-electron chi connectivity index (χ1n) is 8.05. The third-order valence-electron chi connectivity index (χ3n) is 5.07. The van der Waals surface area contributed by atoms with E-state index in [1.54, 1.807) is 0 Å². The fraction of sp³-hybridized carbons (Fsp3) is 1.00. The van der Waals surface area contributed by atoms with E-state index in [-0.39, 0.29) is 17.4 Å². The number of nitrogens with zero attached hydrogens (tertiary/aromatic N) is 1. The van der Waals surface area contributed by atoms with Crippen LogP contribution in [0.25, 0.3) is 0 Å². The molecule has 4 nitrogen and oxygen atoms in total. The van der Waals surface area contributed by atoms with Gasteiger partial charge in [-0.3, -0.25) is 4.90 Å². The molecule has 20 heavy (non-hydrogen) atoms. The minimum Gasteiger partial charge on any atom is -0.391 e. The molecule has 1 atom stereocenters. The van der Waals surface area contributed by atoms with E-state index in [2.05, 4.69) is 4.90 Å². The first-order valence-corrected chi connectivity index (χ1v) is 10.1. The Bertz CT molecular complexity index is 395. The van der Waals surface area contributed by atoms with Gasteiger partial charge in [-0.05, 0) is 51.6 Å². The predicted molar refractivity (Wildman–Crippen MR) is 81.6 cm³/mol. The largest absolute Gasteiger partial charge is 0.391 e. The van der Waals surface area contributed by atoms with Crippen LogP contribution in [0.4, 0.5) is 0 Å². The molecule has 0 aromatic rings. The molecule has 1 aliphatic carbocycles. The first-order chi connectivity index (χ1) is 9.44. The lowest BCUT2D eigenvalue weighted by atomic mass is 9.84. The van der Waals surface area contributed by atoms with Crippen LogP contribution in [-0.4, -0.2) is 55.2 Å². The third-order valence-corrected chi connectivity index (χ3v) is 6.10. The van der Waals surface area contributed by atoms with Gasteiger partial charge in [-0.15, -0.1) is 0 Å². The maximum absolute atomic E-state index is 11.2. The predicted octanol–water partition coefficient (Wildman–Crippen LogP) is 1.97. The normalized spacial score (nSPS) is 25.7. The average Bonchev–Trinajstić information content (AvgIpc) is 2.89. The highest BCUT2D eigenvalue weighted by Gasteiger charge is 2.45. The van der Waals surface area contributed by atoms with E-state index in [9.17, 15) is 13.5 Å². The van der Waals surface area contributed by atoms with Gasteiger partial charge in [-0.1, -0.05) is 19.3 Å². The summed E-state index contributed by atoms with van der Waals surface area (Å²) in [5, 5.41) is 10.7. The Morgan fingerprint density at radius 1 is 1.10 bits per heavy atom. The highest BCUT2D eigenvalue weighted by atomic mass is 32.2. The highest BCUT2D eigenvalue weighted by Crippen LogP contribution is 2.40. The van der Waals surface area contributed by atoms with Crippen molar-refractivity contribution in [3.05, 3.63) is 0 Å². The summed E-state index contributed by atoms with van der Waals surface area (Å²) in [6, 6.07) is 0. The van der Waals surface area contributed by atoms with Crippen molar-refractivity contribution in [1.82, 2.24) is 4.90 Å². The second kappa shape index (κ2) is 6.75. The van der Waals surface area contributed by atoms with Crippen LogP contribution in [0, 0.1) is 0 Å². The van der Waals surface area contributed by atoms with Crippen molar-refractivity contribution < 1.29 is 13.5 Å². The molecule has 2 rings (SSSR count). The van der Waals surface area contributed by atoms with Gasteiger partial charge in [0.15, 0.2) is 0 Å². The van der Waals surface area contributed by atoms with Gasteiger partial charge < -0.3 is 5.11 Å². The van der Waals surface area contributed by atoms with Crippen molar-refractivity contribution >= 4 is 9.84 Å². The molecule has 0 amide bonds. The number of sulfone groups is 1. The van der Waals surface area contributed by atoms with Gasteiger partial charge in [-0.25, -0.2) is 8.42 Å². The Morgan fingerprint density at radius 2 is 1.70 bits per heavy atom. The molecule has 1 unspecified atom stereocenters. The van der Waals surface area contributed by atoms with Crippen LogP contribution < -0.4 is 0 Å². The zero-order chi connectivity index (χ0) is 14.6. The lowest BCUT2D eigenvalue weighted by Crippen LogP contribution is -2.56. The Kier molecular flexibility index (Phi) is 5.49. The molecular formula is C15H29NO3S. The molecule has 1 saturated heterocycles. The van der Waals surface area contributed by atoms with Gasteiger partial charge >= 0.3 is 0 Å². The average molecular weight is 303 g/mol. The molecule has 1 N–H and O–H groups in total. The molecule has 0 aromatic carbocycles. The molecule has 0 bridgehead atoms. The van der Waals surface area contributed by atoms with Crippen molar-refractivity contribution in [2.45, 2.75) is 69.4 Å². The van der Waals surface area contributed by atoms with E-state index in [4.69, 9.17) is 0 Å². The van der Waals surface area contributed by atoms with Gasteiger partial charge in [-0.2, -0.15) is 0 Å². The first kappa shape index (κ1) is 16.2. The van der Waals surface area contributed by atoms with E-state index in [0.29, 0.717) is 12.8 Å². The van der Waals surface area contributed by atoms with Gasteiger partial charge in [0.1, 0.15) is 9.84 Å². The van der Waals surface area contributed by atoms with E-state index >= 15 is 0 Å². The van der Waals surface area contributed by atoms with Gasteiger partial charge in [0.25, 0.3) is 0 Å². The molecule has 0 aromatic heterocycles. The second-order valence-corrected chi connectivity index (χ2v) is 8.91. The van der Waals surface area contributed by atoms with Crippen LogP contribution >= 0.6 is 0 Å². The van der Waals surface area contributed by atoms with Crippen molar-refractivity contribution in [2.75, 3.05) is 25.1 Å². The van der Waals surface area contributed by atoms with Gasteiger partial charge in [0.05, 0.1) is 6.10 Å². The maximum Gasteiger partial charge on any atom is 0.147 e. The number of rotatable bonds is 6. The number of aliphatic hydroxyl groups is 1. The van der Waals surface area contributed by atoms with Gasteiger partial charge in [0.2, 0.25) is 0 Å². The quantitative estimate of drug-likeness (QED) is 0.815. The molecule has 1 heterocycles. The van der Waals surface area contributed by atoms with Crippen LogP contribution in [0.15, 0.2) is 0 Å². The van der Waals surface area contributed by atoms with Crippen LogP contribution in [0.2, 0.25) is 0 Å². The Hall–Kier alpha value is -0.130. The molecule has 1 aliphatic heterocycles. The number of likely N-dealkylation sites (tertiary alicyclic amines) is 1. The number of hydrogen-bond donors (Lipinski definition) is 1. The maximum atomic E-state index is 11.2. The second-order valence-electron chi connectivity index (χ2n) is 6.65. The van der Waals surface area contributed by atoms with E-state index in [1.807, 2.05) is 0 Å². The van der Waals surface area contributed by atoms with Crippen LogP contribution in [0.5, 0.6) is 0 Å². The molecule has 118 valence electrons. The number of piperidine rings is 1. The number of aliphatic hydroxyl groups excluding tert-OH is 1. The smallest absolute Gasteiger partial charge is 0.147 e. The fourth-order valence-corrected chi connectivity index (χ4v) is 4.69. The lowest BCUT2D eigenvalue weighted by molar-refractivity contribution is -0.0422. The molecule has 0 radical (unpaired) electrons. The summed E-state index contributed by atoms with van der Waals surface area (Å²) in [6.07, 6.45) is 10.4. The number of hydrogen-bond acceptors (Lipinski definition) is 4. The van der Waals surface area contributed by atoms with Crippen LogP contribution in [0.1, 0.15) is 57.8 Å². The zero-order valence-electron chi connectivity index (χ0n) is 12.7. The van der Waals surface area contributed by atoms with Crippen LogP contribution in [0.3, 0.4) is 0 Å². The van der Waals surface area contributed by atoms with E-state index < -0.39 is 9.84 Å². The van der Waals surface area contributed by atoms with E-state index in [0.717, 1.165) is 25.9 Å². The summed E-state index contributed by atoms with van der Waals surface area (Å²) >= 11 is 0. The molecule has 0 spiro atoms. The summed E-state index contributed by atoms with van der Waals surface area (Å²) in [4.78, 5) is 2.51.